The molecule has 0 aliphatic heterocycles. The average molecular weight is 348 g/mol. The summed E-state index contributed by atoms with van der Waals surface area (Å²) in [7, 11) is 0. The Labute approximate surface area is 133 Å². The van der Waals surface area contributed by atoms with E-state index in [1.165, 1.54) is 0 Å². The molecule has 0 unspecified atom stereocenters. The molecule has 1 aromatic heterocycles. The lowest BCUT2D eigenvalue weighted by atomic mass is 10.1. The number of aromatic amines is 1. The van der Waals surface area contributed by atoms with Gasteiger partial charge in [-0.2, -0.15) is 10.3 Å². The quantitative estimate of drug-likeness (QED) is 0.650. The molecule has 22 heavy (non-hydrogen) atoms. The first kappa shape index (κ1) is 16.2. The predicted octanol–water partition coefficient (Wildman–Crippen LogP) is 2.79. The van der Waals surface area contributed by atoms with E-state index in [0.717, 1.165) is 0 Å². The molecule has 0 aliphatic carbocycles. The Bertz CT molecular complexity index is 763. The molecule has 0 amide bonds. The number of nitrogens with zero attached hydrogens (tertiary/aromatic N) is 2. The van der Waals surface area contributed by atoms with Crippen molar-refractivity contribution < 1.29 is 23.8 Å². The number of hydrogen-bond acceptors (Lipinski definition) is 5. The van der Waals surface area contributed by atoms with Crippen LogP contribution in [0.3, 0.4) is 0 Å². The molecule has 0 aliphatic rings. The maximum Gasteiger partial charge on any atom is 0.361 e. The second-order valence-electron chi connectivity index (χ2n) is 3.96. The standard InChI is InChI=1S/C12H8Cl2FN3O4/c1-2-22-12(21)10-9(16-18-17-10)6-7(13)4(11(19)20)3-5(15)8(6)14/h3H,2H2,1H3,(H,19,20)(H,16,17,18). The molecule has 2 rings (SSSR count). The van der Waals surface area contributed by atoms with Gasteiger partial charge in [0.25, 0.3) is 0 Å². The van der Waals surface area contributed by atoms with Crippen molar-refractivity contribution in [2.75, 3.05) is 6.61 Å². The molecule has 0 saturated heterocycles. The van der Waals surface area contributed by atoms with E-state index < -0.39 is 28.3 Å². The molecule has 1 aromatic carbocycles. The highest BCUT2D eigenvalue weighted by Crippen LogP contribution is 2.39. The van der Waals surface area contributed by atoms with E-state index >= 15 is 0 Å². The van der Waals surface area contributed by atoms with Gasteiger partial charge in [-0.05, 0) is 13.0 Å². The molecule has 10 heteroatoms. The third-order valence-electron chi connectivity index (χ3n) is 2.64. The highest BCUT2D eigenvalue weighted by molar-refractivity contribution is 6.41. The Hall–Kier alpha value is -2.19. The minimum Gasteiger partial charge on any atom is -0.478 e. The van der Waals surface area contributed by atoms with Crippen molar-refractivity contribution in [3.8, 4) is 11.3 Å². The number of hydrogen-bond donors (Lipinski definition) is 2. The van der Waals surface area contributed by atoms with Gasteiger partial charge in [-0.25, -0.2) is 14.0 Å². The van der Waals surface area contributed by atoms with E-state index in [1.807, 2.05) is 0 Å². The summed E-state index contributed by atoms with van der Waals surface area (Å²) in [6, 6.07) is 0.681. The van der Waals surface area contributed by atoms with Gasteiger partial charge in [-0.15, -0.1) is 5.10 Å². The first-order chi connectivity index (χ1) is 10.4. The molecule has 2 N–H and O–H groups in total. The number of ether oxygens (including phenoxy) is 1. The number of halogens is 3. The van der Waals surface area contributed by atoms with Crippen molar-refractivity contribution in [1.82, 2.24) is 15.4 Å². The number of carboxylic acids is 1. The molecule has 0 bridgehead atoms. The topological polar surface area (TPSA) is 105 Å². The third kappa shape index (κ3) is 2.75. The summed E-state index contributed by atoms with van der Waals surface area (Å²) in [6.45, 7) is 1.67. The van der Waals surface area contributed by atoms with Gasteiger partial charge in [0.1, 0.15) is 11.5 Å². The Balaban J connectivity index is 2.71. The van der Waals surface area contributed by atoms with Crippen LogP contribution in [0, 0.1) is 5.82 Å². The average Bonchev–Trinajstić information content (AvgIpc) is 2.92. The zero-order chi connectivity index (χ0) is 16.4. The molecular formula is C12H8Cl2FN3O4. The fourth-order valence-corrected chi connectivity index (χ4v) is 2.32. The van der Waals surface area contributed by atoms with Crippen LogP contribution in [-0.2, 0) is 4.74 Å². The minimum absolute atomic E-state index is 0.0795. The van der Waals surface area contributed by atoms with Gasteiger partial charge < -0.3 is 9.84 Å². The smallest absolute Gasteiger partial charge is 0.361 e. The summed E-state index contributed by atoms with van der Waals surface area (Å²) in [5.41, 5.74) is -1.25. The number of aromatic nitrogens is 3. The number of aromatic carboxylic acids is 1. The zero-order valence-electron chi connectivity index (χ0n) is 11.0. The van der Waals surface area contributed by atoms with Gasteiger partial charge in [0.15, 0.2) is 5.69 Å². The molecule has 0 saturated carbocycles. The summed E-state index contributed by atoms with van der Waals surface area (Å²) in [5, 5.41) is 17.7. The van der Waals surface area contributed by atoms with Crippen molar-refractivity contribution in [3.63, 3.8) is 0 Å². The van der Waals surface area contributed by atoms with Crippen LogP contribution in [0.4, 0.5) is 4.39 Å². The number of carboxylic acid groups (broad SMARTS) is 1. The van der Waals surface area contributed by atoms with Crippen molar-refractivity contribution in [2.24, 2.45) is 0 Å². The maximum atomic E-state index is 13.8. The van der Waals surface area contributed by atoms with E-state index in [0.29, 0.717) is 6.07 Å². The summed E-state index contributed by atoms with van der Waals surface area (Å²) in [6.07, 6.45) is 0. The van der Waals surface area contributed by atoms with Gasteiger partial charge in [-0.3, -0.25) is 0 Å². The number of esters is 1. The lowest BCUT2D eigenvalue weighted by Crippen LogP contribution is -2.08. The van der Waals surface area contributed by atoms with Crippen molar-refractivity contribution in [1.29, 1.82) is 0 Å². The van der Waals surface area contributed by atoms with Crippen molar-refractivity contribution in [3.05, 3.63) is 33.2 Å². The van der Waals surface area contributed by atoms with Crippen LogP contribution < -0.4 is 0 Å². The zero-order valence-corrected chi connectivity index (χ0v) is 12.5. The molecule has 116 valence electrons. The van der Waals surface area contributed by atoms with E-state index in [4.69, 9.17) is 33.0 Å². The predicted molar refractivity (Wildman–Crippen MR) is 74.7 cm³/mol. The number of carbonyl (C=O) groups is 2. The summed E-state index contributed by atoms with van der Waals surface area (Å²) in [4.78, 5) is 22.9. The molecule has 0 atom stereocenters. The second kappa shape index (κ2) is 6.29. The van der Waals surface area contributed by atoms with E-state index in [2.05, 4.69) is 15.4 Å². The van der Waals surface area contributed by atoms with Crippen LogP contribution in [0.15, 0.2) is 6.07 Å². The Morgan fingerprint density at radius 2 is 2.05 bits per heavy atom. The number of rotatable bonds is 4. The first-order valence-corrected chi connectivity index (χ1v) is 6.63. The summed E-state index contributed by atoms with van der Waals surface area (Å²) >= 11 is 11.8. The third-order valence-corrected chi connectivity index (χ3v) is 3.40. The molecule has 0 radical (unpaired) electrons. The molecule has 7 nitrogen and oxygen atoms in total. The van der Waals surface area contributed by atoms with Gasteiger partial charge >= 0.3 is 11.9 Å². The number of benzene rings is 1. The number of nitrogens with one attached hydrogen (secondary N) is 1. The monoisotopic (exact) mass is 347 g/mol. The van der Waals surface area contributed by atoms with E-state index in [9.17, 15) is 14.0 Å². The lowest BCUT2D eigenvalue weighted by molar-refractivity contribution is 0.0520. The summed E-state index contributed by atoms with van der Waals surface area (Å²) < 4.78 is 18.6. The SMILES string of the molecule is CCOC(=O)c1n[nH]nc1-c1c(Cl)c(F)cc(C(=O)O)c1Cl. The maximum absolute atomic E-state index is 13.8. The fraction of sp³-hybridized carbons (Fsp3) is 0.167. The molecule has 0 fully saturated rings. The highest BCUT2D eigenvalue weighted by atomic mass is 35.5. The molecular weight excluding hydrogens is 340 g/mol. The Morgan fingerprint density at radius 1 is 1.36 bits per heavy atom. The first-order valence-electron chi connectivity index (χ1n) is 5.87. The van der Waals surface area contributed by atoms with Crippen molar-refractivity contribution in [2.45, 2.75) is 6.92 Å². The highest BCUT2D eigenvalue weighted by Gasteiger charge is 2.27. The fourth-order valence-electron chi connectivity index (χ4n) is 1.71. The normalized spacial score (nSPS) is 10.5. The molecule has 1 heterocycles. The van der Waals surface area contributed by atoms with Gasteiger partial charge in [0.2, 0.25) is 0 Å². The Morgan fingerprint density at radius 3 is 2.64 bits per heavy atom. The van der Waals surface area contributed by atoms with Crippen LogP contribution >= 0.6 is 23.2 Å². The molecule has 2 aromatic rings. The van der Waals surface area contributed by atoms with Crippen LogP contribution in [0.1, 0.15) is 27.8 Å². The van der Waals surface area contributed by atoms with Gasteiger partial charge in [-0.1, -0.05) is 23.2 Å². The van der Waals surface area contributed by atoms with Gasteiger partial charge in [0.05, 0.1) is 22.2 Å². The van der Waals surface area contributed by atoms with Crippen LogP contribution in [0.2, 0.25) is 10.0 Å². The van der Waals surface area contributed by atoms with E-state index in [1.54, 1.807) is 6.92 Å². The van der Waals surface area contributed by atoms with Crippen LogP contribution in [-0.4, -0.2) is 39.1 Å². The second-order valence-corrected chi connectivity index (χ2v) is 4.71. The Kier molecular flexibility index (Phi) is 4.62. The van der Waals surface area contributed by atoms with E-state index in [-0.39, 0.29) is 28.6 Å². The molecule has 0 spiro atoms. The lowest BCUT2D eigenvalue weighted by Gasteiger charge is -2.09. The number of carbonyl (C=O) groups excluding carboxylic acids is 1. The van der Waals surface area contributed by atoms with Crippen LogP contribution in [0.5, 0.6) is 0 Å². The summed E-state index contributed by atoms with van der Waals surface area (Å²) in [5.74, 6) is -3.31. The minimum atomic E-state index is -1.46. The van der Waals surface area contributed by atoms with Gasteiger partial charge in [0, 0.05) is 5.56 Å². The largest absolute Gasteiger partial charge is 0.478 e. The number of H-pyrrole nitrogens is 1. The van der Waals surface area contributed by atoms with Crippen molar-refractivity contribution >= 4 is 35.1 Å². The van der Waals surface area contributed by atoms with Crippen LogP contribution in [0.25, 0.3) is 11.3 Å².